The molecule has 1 aliphatic carbocycles. The molecule has 84 valence electrons. The number of hydrogen-bond acceptors (Lipinski definition) is 2. The zero-order chi connectivity index (χ0) is 10.9. The van der Waals surface area contributed by atoms with E-state index in [-0.39, 0.29) is 5.41 Å². The summed E-state index contributed by atoms with van der Waals surface area (Å²) in [4.78, 5) is 3.18. The van der Waals surface area contributed by atoms with E-state index in [1.165, 1.54) is 25.7 Å². The summed E-state index contributed by atoms with van der Waals surface area (Å²) in [6.45, 7) is 5.42. The number of nitrogens with two attached hydrogens (primary N) is 1. The Morgan fingerprint density at radius 3 is 2.73 bits per heavy atom. The summed E-state index contributed by atoms with van der Waals surface area (Å²) < 4.78 is 0. The van der Waals surface area contributed by atoms with Crippen molar-refractivity contribution in [2.75, 3.05) is 6.54 Å². The second kappa shape index (κ2) is 4.26. The normalized spacial score (nSPS) is 16.5. The third-order valence-corrected chi connectivity index (χ3v) is 5.04. The monoisotopic (exact) mass is 223 g/mol. The molecule has 0 atom stereocenters. The van der Waals surface area contributed by atoms with Gasteiger partial charge in [0, 0.05) is 15.2 Å². The molecule has 0 amide bonds. The minimum absolute atomic E-state index is 0.275. The van der Waals surface area contributed by atoms with Crippen LogP contribution in [0.5, 0.6) is 0 Å². The predicted octanol–water partition coefficient (Wildman–Crippen LogP) is 3.25. The van der Waals surface area contributed by atoms with Crippen LogP contribution in [0.15, 0.2) is 6.07 Å². The van der Waals surface area contributed by atoms with Crippen molar-refractivity contribution in [3.63, 3.8) is 0 Å². The summed E-state index contributed by atoms with van der Waals surface area (Å²) in [5.74, 6) is 0. The fourth-order valence-electron chi connectivity index (χ4n) is 2.31. The van der Waals surface area contributed by atoms with Crippen molar-refractivity contribution in [1.29, 1.82) is 0 Å². The van der Waals surface area contributed by atoms with Crippen molar-refractivity contribution >= 4 is 11.3 Å². The van der Waals surface area contributed by atoms with Crippen LogP contribution in [-0.4, -0.2) is 6.54 Å². The van der Waals surface area contributed by atoms with Gasteiger partial charge in [-0.25, -0.2) is 0 Å². The Morgan fingerprint density at radius 1 is 1.33 bits per heavy atom. The number of rotatable bonds is 3. The molecule has 1 aliphatic rings. The van der Waals surface area contributed by atoms with Gasteiger partial charge in [-0.2, -0.15) is 0 Å². The lowest BCUT2D eigenvalue weighted by atomic mass is 9.86. The quantitative estimate of drug-likeness (QED) is 0.836. The van der Waals surface area contributed by atoms with Gasteiger partial charge in [0.1, 0.15) is 0 Å². The summed E-state index contributed by atoms with van der Waals surface area (Å²) >= 11 is 2.03. The molecule has 2 rings (SSSR count). The van der Waals surface area contributed by atoms with Crippen molar-refractivity contribution in [3.8, 4) is 0 Å². The first kappa shape index (κ1) is 11.2. The van der Waals surface area contributed by atoms with Crippen molar-refractivity contribution in [2.24, 2.45) is 5.73 Å². The van der Waals surface area contributed by atoms with E-state index in [2.05, 4.69) is 19.9 Å². The Kier molecular flexibility index (Phi) is 3.17. The third kappa shape index (κ3) is 2.26. The molecule has 0 unspecified atom stereocenters. The molecule has 1 heterocycles. The van der Waals surface area contributed by atoms with Gasteiger partial charge in [-0.1, -0.05) is 13.8 Å². The van der Waals surface area contributed by atoms with Gasteiger partial charge in [0.15, 0.2) is 0 Å². The van der Waals surface area contributed by atoms with Crippen LogP contribution in [0.1, 0.15) is 48.4 Å². The zero-order valence-corrected chi connectivity index (χ0v) is 10.6. The van der Waals surface area contributed by atoms with E-state index in [0.717, 1.165) is 13.0 Å². The molecule has 0 bridgehead atoms. The fraction of sp³-hybridized carbons (Fsp3) is 0.692. The lowest BCUT2D eigenvalue weighted by molar-refractivity contribution is 0.497. The van der Waals surface area contributed by atoms with Crippen LogP contribution in [0.2, 0.25) is 0 Å². The molecule has 0 radical (unpaired) electrons. The van der Waals surface area contributed by atoms with Gasteiger partial charge in [-0.3, -0.25) is 0 Å². The second-order valence-corrected chi connectivity index (χ2v) is 6.33. The van der Waals surface area contributed by atoms with Crippen molar-refractivity contribution in [1.82, 2.24) is 0 Å². The summed E-state index contributed by atoms with van der Waals surface area (Å²) in [6, 6.07) is 2.44. The average Bonchev–Trinajstić information content (AvgIpc) is 2.61. The Hall–Kier alpha value is -0.340. The number of aryl methyl sites for hydroxylation is 2. The maximum absolute atomic E-state index is 5.68. The largest absolute Gasteiger partial charge is 0.330 e. The van der Waals surface area contributed by atoms with Gasteiger partial charge >= 0.3 is 0 Å². The Balaban J connectivity index is 2.25. The van der Waals surface area contributed by atoms with E-state index >= 15 is 0 Å². The zero-order valence-electron chi connectivity index (χ0n) is 9.81. The molecule has 0 saturated carbocycles. The van der Waals surface area contributed by atoms with E-state index < -0.39 is 0 Å². The molecule has 0 aliphatic heterocycles. The van der Waals surface area contributed by atoms with Gasteiger partial charge < -0.3 is 5.73 Å². The van der Waals surface area contributed by atoms with Crippen LogP contribution < -0.4 is 5.73 Å². The van der Waals surface area contributed by atoms with Crippen molar-refractivity contribution < 1.29 is 0 Å². The van der Waals surface area contributed by atoms with E-state index in [1.807, 2.05) is 11.3 Å². The van der Waals surface area contributed by atoms with Crippen LogP contribution in [0.25, 0.3) is 0 Å². The predicted molar refractivity (Wildman–Crippen MR) is 67.7 cm³/mol. The standard InChI is InChI=1S/C13H21NS/c1-13(2,7-8-14)12-9-10-5-3-4-6-11(10)15-12/h9H,3-8,14H2,1-2H3. The van der Waals surface area contributed by atoms with E-state index in [0.29, 0.717) is 0 Å². The molecule has 2 N–H and O–H groups in total. The highest BCUT2D eigenvalue weighted by Gasteiger charge is 2.24. The Labute approximate surface area is 96.7 Å². The molecule has 1 aromatic heterocycles. The van der Waals surface area contributed by atoms with Gasteiger partial charge in [-0.15, -0.1) is 11.3 Å². The highest BCUT2D eigenvalue weighted by atomic mass is 32.1. The van der Waals surface area contributed by atoms with Crippen LogP contribution >= 0.6 is 11.3 Å². The summed E-state index contributed by atoms with van der Waals surface area (Å²) in [5, 5.41) is 0. The molecule has 0 spiro atoms. The summed E-state index contributed by atoms with van der Waals surface area (Å²) in [6.07, 6.45) is 6.44. The average molecular weight is 223 g/mol. The maximum atomic E-state index is 5.68. The first-order chi connectivity index (χ1) is 7.13. The minimum Gasteiger partial charge on any atom is -0.330 e. The lowest BCUT2D eigenvalue weighted by Crippen LogP contribution is -2.20. The van der Waals surface area contributed by atoms with Gasteiger partial charge in [0.2, 0.25) is 0 Å². The molecular weight excluding hydrogens is 202 g/mol. The SMILES string of the molecule is CC(C)(CCN)c1cc2c(s1)CCCC2. The van der Waals surface area contributed by atoms with E-state index in [4.69, 9.17) is 5.73 Å². The first-order valence-corrected chi connectivity index (χ1v) is 6.77. The van der Waals surface area contributed by atoms with Gasteiger partial charge in [-0.05, 0) is 50.3 Å². The molecule has 2 heteroatoms. The Morgan fingerprint density at radius 2 is 2.07 bits per heavy atom. The first-order valence-electron chi connectivity index (χ1n) is 5.95. The number of hydrogen-bond donors (Lipinski definition) is 1. The van der Waals surface area contributed by atoms with Crippen LogP contribution in [0.3, 0.4) is 0 Å². The van der Waals surface area contributed by atoms with Crippen LogP contribution in [0, 0.1) is 0 Å². The van der Waals surface area contributed by atoms with Crippen LogP contribution in [-0.2, 0) is 18.3 Å². The molecule has 0 fully saturated rings. The molecule has 0 saturated heterocycles. The van der Waals surface area contributed by atoms with E-state index in [9.17, 15) is 0 Å². The second-order valence-electron chi connectivity index (χ2n) is 5.19. The highest BCUT2D eigenvalue weighted by molar-refractivity contribution is 7.12. The van der Waals surface area contributed by atoms with Crippen molar-refractivity contribution in [3.05, 3.63) is 21.4 Å². The Bertz CT molecular complexity index is 315. The summed E-state index contributed by atoms with van der Waals surface area (Å²) in [7, 11) is 0. The molecule has 15 heavy (non-hydrogen) atoms. The van der Waals surface area contributed by atoms with Gasteiger partial charge in [0.25, 0.3) is 0 Å². The molecular formula is C13H21NS. The fourth-order valence-corrected chi connectivity index (χ4v) is 3.69. The van der Waals surface area contributed by atoms with Crippen molar-refractivity contribution in [2.45, 2.75) is 51.4 Å². The molecule has 1 nitrogen and oxygen atoms in total. The topological polar surface area (TPSA) is 26.0 Å². The smallest absolute Gasteiger partial charge is 0.0108 e. The number of thiophene rings is 1. The van der Waals surface area contributed by atoms with E-state index in [1.54, 1.807) is 15.3 Å². The highest BCUT2D eigenvalue weighted by Crippen LogP contribution is 2.37. The summed E-state index contributed by atoms with van der Waals surface area (Å²) in [5.41, 5.74) is 7.57. The molecule has 0 aromatic carbocycles. The van der Waals surface area contributed by atoms with Gasteiger partial charge in [0.05, 0.1) is 0 Å². The minimum atomic E-state index is 0.275. The van der Waals surface area contributed by atoms with Crippen LogP contribution in [0.4, 0.5) is 0 Å². The lowest BCUT2D eigenvalue weighted by Gasteiger charge is -2.22. The third-order valence-electron chi connectivity index (χ3n) is 3.43. The number of fused-ring (bicyclic) bond motifs is 1. The molecule has 1 aromatic rings. The maximum Gasteiger partial charge on any atom is 0.0108 e.